The molecular weight excluding hydrogens is 491 g/mol. The number of hydrogen-bond acceptors (Lipinski definition) is 9. The third-order valence-corrected chi connectivity index (χ3v) is 5.54. The molecule has 0 saturated carbocycles. The molecule has 1 amide bonds. The van der Waals surface area contributed by atoms with Crippen molar-refractivity contribution >= 4 is 39.1 Å². The molecule has 35 heavy (non-hydrogen) atoms. The zero-order valence-corrected chi connectivity index (χ0v) is 18.1. The number of hydrogen-bond donors (Lipinski definition) is 1. The van der Waals surface area contributed by atoms with Crippen LogP contribution >= 0.6 is 11.3 Å². The minimum absolute atomic E-state index is 0.0323. The van der Waals surface area contributed by atoms with Crippen molar-refractivity contribution in [3.05, 3.63) is 57.6 Å². The average molecular weight is 503 g/mol. The summed E-state index contributed by atoms with van der Waals surface area (Å²) in [6.07, 6.45) is -3.33. The Morgan fingerprint density at radius 1 is 1.23 bits per heavy atom. The fraction of sp³-hybridized carbons (Fsp3) is 0.150. The van der Waals surface area contributed by atoms with Crippen LogP contribution in [-0.2, 0) is 6.54 Å². The fourth-order valence-corrected chi connectivity index (χ4v) is 3.74. The second-order valence-corrected chi connectivity index (χ2v) is 7.89. The fourth-order valence-electron chi connectivity index (χ4n) is 3.02. The first kappa shape index (κ1) is 23.6. The third-order valence-electron chi connectivity index (χ3n) is 4.51. The summed E-state index contributed by atoms with van der Waals surface area (Å²) in [5.41, 5.74) is 0.588. The van der Waals surface area contributed by atoms with Gasteiger partial charge in [0.15, 0.2) is 11.5 Å². The number of fused-ring (bicyclic) bond motifs is 1. The van der Waals surface area contributed by atoms with Gasteiger partial charge in [-0.05, 0) is 30.3 Å². The van der Waals surface area contributed by atoms with Crippen molar-refractivity contribution in [3.8, 4) is 23.2 Å². The number of aryl methyl sites for hydroxylation is 1. The summed E-state index contributed by atoms with van der Waals surface area (Å²) in [6, 6.07) is 9.29. The smallest absolute Gasteiger partial charge is 0.406 e. The lowest BCUT2D eigenvalue weighted by atomic mass is 10.2. The minimum Gasteiger partial charge on any atom is -0.406 e. The van der Waals surface area contributed by atoms with Gasteiger partial charge in [0.2, 0.25) is 0 Å². The molecule has 0 spiro atoms. The number of amides is 1. The number of nitro groups is 1. The zero-order chi connectivity index (χ0) is 25.2. The molecule has 15 heteroatoms. The molecule has 0 bridgehead atoms. The van der Waals surface area contributed by atoms with Gasteiger partial charge in [-0.2, -0.15) is 10.4 Å². The van der Waals surface area contributed by atoms with E-state index in [0.29, 0.717) is 22.3 Å². The molecule has 0 aliphatic carbocycles. The van der Waals surface area contributed by atoms with Crippen LogP contribution in [0.25, 0.3) is 22.4 Å². The monoisotopic (exact) mass is 503 g/mol. The Labute approximate surface area is 197 Å². The van der Waals surface area contributed by atoms with Crippen molar-refractivity contribution in [1.82, 2.24) is 19.7 Å². The van der Waals surface area contributed by atoms with Gasteiger partial charge in [-0.25, -0.2) is 14.6 Å². The first-order chi connectivity index (χ1) is 16.6. The number of benzene rings is 1. The first-order valence-electron chi connectivity index (χ1n) is 9.67. The summed E-state index contributed by atoms with van der Waals surface area (Å²) in [6.45, 7) is 0.194. The summed E-state index contributed by atoms with van der Waals surface area (Å²) in [5, 5.41) is 26.7. The Morgan fingerprint density at radius 3 is 2.60 bits per heavy atom. The molecule has 178 valence electrons. The summed E-state index contributed by atoms with van der Waals surface area (Å²) < 4.78 is 42.7. The van der Waals surface area contributed by atoms with Crippen LogP contribution in [0.4, 0.5) is 24.0 Å². The zero-order valence-electron chi connectivity index (χ0n) is 17.3. The standard InChI is InChI=1S/C20H12F3N7O4S/c21-20(22,23)34-12-4-2-11(3-5-12)16-26-17(13-10-25-29(9-1-8-24)18(13)27-16)28-19(31)14-6-7-15(35-14)30(32)33/h2-7,10H,1,9H2,(H,26,27,28,31). The van der Waals surface area contributed by atoms with Gasteiger partial charge in [-0.3, -0.25) is 14.9 Å². The second kappa shape index (κ2) is 9.35. The molecule has 0 atom stereocenters. The number of thiophene rings is 1. The van der Waals surface area contributed by atoms with Crippen molar-refractivity contribution in [2.24, 2.45) is 0 Å². The number of halogens is 3. The molecule has 0 fully saturated rings. The maximum absolute atomic E-state index is 12.7. The molecule has 0 unspecified atom stereocenters. The van der Waals surface area contributed by atoms with E-state index in [1.54, 1.807) is 0 Å². The molecule has 4 rings (SSSR count). The number of carbonyl (C=O) groups is 1. The van der Waals surface area contributed by atoms with Gasteiger partial charge in [-0.1, -0.05) is 11.3 Å². The molecular formula is C20H12F3N7O4S. The van der Waals surface area contributed by atoms with Crippen molar-refractivity contribution < 1.29 is 27.6 Å². The predicted molar refractivity (Wildman–Crippen MR) is 117 cm³/mol. The molecule has 0 aliphatic rings. The van der Waals surface area contributed by atoms with Gasteiger partial charge in [0.05, 0.1) is 40.4 Å². The van der Waals surface area contributed by atoms with Crippen molar-refractivity contribution in [2.45, 2.75) is 19.3 Å². The lowest BCUT2D eigenvalue weighted by molar-refractivity contribution is -0.380. The maximum Gasteiger partial charge on any atom is 0.573 e. The number of nitrogens with one attached hydrogen (secondary N) is 1. The summed E-state index contributed by atoms with van der Waals surface area (Å²) >= 11 is 0.679. The number of rotatable bonds is 7. The number of nitrogens with zero attached hydrogens (tertiary/aromatic N) is 6. The minimum atomic E-state index is -4.85. The quantitative estimate of drug-likeness (QED) is 0.286. The van der Waals surface area contributed by atoms with E-state index in [2.05, 4.69) is 25.1 Å². The molecule has 3 aromatic heterocycles. The van der Waals surface area contributed by atoms with Gasteiger partial charge >= 0.3 is 11.4 Å². The summed E-state index contributed by atoms with van der Waals surface area (Å²) in [7, 11) is 0. The van der Waals surface area contributed by atoms with E-state index in [0.717, 1.165) is 12.1 Å². The van der Waals surface area contributed by atoms with Crippen LogP contribution in [0.15, 0.2) is 42.6 Å². The maximum atomic E-state index is 12.7. The van der Waals surface area contributed by atoms with E-state index in [9.17, 15) is 28.1 Å². The number of ether oxygens (including phenoxy) is 1. The third kappa shape index (κ3) is 5.33. The van der Waals surface area contributed by atoms with Crippen molar-refractivity contribution in [2.75, 3.05) is 5.32 Å². The Bertz CT molecular complexity index is 1460. The number of carbonyl (C=O) groups excluding carboxylic acids is 1. The topological polar surface area (TPSA) is 149 Å². The van der Waals surface area contributed by atoms with Gasteiger partial charge in [0.25, 0.3) is 5.91 Å². The van der Waals surface area contributed by atoms with Crippen LogP contribution in [0, 0.1) is 21.4 Å². The summed E-state index contributed by atoms with van der Waals surface area (Å²) in [5.74, 6) is -1.01. The highest BCUT2D eigenvalue weighted by Crippen LogP contribution is 2.30. The molecule has 0 radical (unpaired) electrons. The average Bonchev–Trinajstić information content (AvgIpc) is 3.45. The second-order valence-electron chi connectivity index (χ2n) is 6.83. The number of alkyl halides is 3. The SMILES string of the molecule is N#CCCn1ncc2c(NC(=O)c3ccc([N+](=O)[O-])s3)nc(-c3ccc(OC(F)(F)F)cc3)nc21. The van der Waals surface area contributed by atoms with Crippen LogP contribution in [0.1, 0.15) is 16.1 Å². The molecule has 3 heterocycles. The van der Waals surface area contributed by atoms with Gasteiger partial charge in [-0.15, -0.1) is 13.2 Å². The Balaban J connectivity index is 1.73. The van der Waals surface area contributed by atoms with Gasteiger partial charge in [0, 0.05) is 11.6 Å². The van der Waals surface area contributed by atoms with E-state index in [1.807, 2.05) is 6.07 Å². The normalized spacial score (nSPS) is 11.3. The predicted octanol–water partition coefficient (Wildman–Crippen LogP) is 4.53. The van der Waals surface area contributed by atoms with E-state index in [-0.39, 0.29) is 40.1 Å². The molecule has 1 N–H and O–H groups in total. The van der Waals surface area contributed by atoms with Crippen LogP contribution in [0.5, 0.6) is 5.75 Å². The van der Waals surface area contributed by atoms with E-state index in [4.69, 9.17) is 5.26 Å². The van der Waals surface area contributed by atoms with Crippen LogP contribution < -0.4 is 10.1 Å². The van der Waals surface area contributed by atoms with Crippen LogP contribution in [0.3, 0.4) is 0 Å². The lowest BCUT2D eigenvalue weighted by Crippen LogP contribution is -2.17. The number of anilines is 1. The highest BCUT2D eigenvalue weighted by atomic mass is 32.1. The molecule has 11 nitrogen and oxygen atoms in total. The van der Waals surface area contributed by atoms with Crippen LogP contribution in [0.2, 0.25) is 0 Å². The first-order valence-corrected chi connectivity index (χ1v) is 10.5. The van der Waals surface area contributed by atoms with Crippen LogP contribution in [-0.4, -0.2) is 36.9 Å². The largest absolute Gasteiger partial charge is 0.573 e. The Morgan fingerprint density at radius 2 is 1.97 bits per heavy atom. The van der Waals surface area contributed by atoms with E-state index < -0.39 is 22.9 Å². The van der Waals surface area contributed by atoms with Gasteiger partial charge < -0.3 is 10.1 Å². The number of nitriles is 1. The number of aromatic nitrogens is 4. The molecule has 0 saturated heterocycles. The van der Waals surface area contributed by atoms with Crippen molar-refractivity contribution in [3.63, 3.8) is 0 Å². The Kier molecular flexibility index (Phi) is 6.30. The van der Waals surface area contributed by atoms with Crippen molar-refractivity contribution in [1.29, 1.82) is 5.26 Å². The lowest BCUT2D eigenvalue weighted by Gasteiger charge is -2.10. The summed E-state index contributed by atoms with van der Waals surface area (Å²) in [4.78, 5) is 31.8. The molecule has 1 aromatic carbocycles. The van der Waals surface area contributed by atoms with Gasteiger partial charge in [0.1, 0.15) is 11.6 Å². The Hall–Kier alpha value is -4.58. The highest BCUT2D eigenvalue weighted by molar-refractivity contribution is 7.17. The molecule has 0 aliphatic heterocycles. The highest BCUT2D eigenvalue weighted by Gasteiger charge is 2.31. The van der Waals surface area contributed by atoms with E-state index >= 15 is 0 Å². The van der Waals surface area contributed by atoms with E-state index in [1.165, 1.54) is 35.1 Å². The molecule has 4 aromatic rings.